The van der Waals surface area contributed by atoms with Gasteiger partial charge in [-0.25, -0.2) is 8.42 Å². The number of amides is 1. The number of carbonyl (C=O) groups is 1. The van der Waals surface area contributed by atoms with Gasteiger partial charge in [-0.15, -0.1) is 0 Å². The van der Waals surface area contributed by atoms with Gasteiger partial charge in [-0.1, -0.05) is 6.92 Å². The second-order valence-electron chi connectivity index (χ2n) is 8.40. The van der Waals surface area contributed by atoms with Crippen LogP contribution in [0.15, 0.2) is 18.2 Å². The Balaban J connectivity index is 2.00. The predicted octanol–water partition coefficient (Wildman–Crippen LogP) is 2.88. The first-order valence-electron chi connectivity index (χ1n) is 10.8. The fourth-order valence-electron chi connectivity index (χ4n) is 3.79. The number of nitrogens with one attached hydrogen (secondary N) is 1. The van der Waals surface area contributed by atoms with Crippen LogP contribution in [0.3, 0.4) is 0 Å². The van der Waals surface area contributed by atoms with Crippen LogP contribution in [0.4, 0.5) is 0 Å². The van der Waals surface area contributed by atoms with Gasteiger partial charge in [-0.05, 0) is 44.9 Å². The molecule has 1 aliphatic rings. The maximum atomic E-state index is 12.4. The van der Waals surface area contributed by atoms with Gasteiger partial charge in [0.25, 0.3) is 0 Å². The zero-order chi connectivity index (χ0) is 23.1. The molecular weight excluding hydrogens is 420 g/mol. The molecule has 1 atom stereocenters. The summed E-state index contributed by atoms with van der Waals surface area (Å²) in [4.78, 5) is 11.7. The van der Waals surface area contributed by atoms with Gasteiger partial charge in [0.15, 0.2) is 0 Å². The van der Waals surface area contributed by atoms with E-state index >= 15 is 0 Å². The molecule has 8 nitrogen and oxygen atoms in total. The van der Waals surface area contributed by atoms with Crippen molar-refractivity contribution in [1.82, 2.24) is 9.62 Å². The molecule has 0 fully saturated rings. The number of nitrogens with zero attached hydrogens (tertiary/aromatic N) is 1. The minimum absolute atomic E-state index is 0.00821. The lowest BCUT2D eigenvalue weighted by molar-refractivity contribution is -0.121. The predicted molar refractivity (Wildman–Crippen MR) is 120 cm³/mol. The van der Waals surface area contributed by atoms with Crippen LogP contribution in [-0.4, -0.2) is 63.9 Å². The van der Waals surface area contributed by atoms with Crippen molar-refractivity contribution in [3.8, 4) is 11.5 Å². The standard InChI is InChI=1S/C22H36N2O6S/c1-6-24(31(5,26)27)19-16-22(2,3)30-20-11-10-17(15-18(19)20)29-13-8-7-9-21(25)23-12-14-28-4/h10-11,15,19H,6-9,12-14,16H2,1-5H3,(H,23,25). The molecule has 0 saturated carbocycles. The Hall–Kier alpha value is -1.84. The number of methoxy groups -OCH3 is 1. The second-order valence-corrected chi connectivity index (χ2v) is 10.3. The number of benzene rings is 1. The third-order valence-electron chi connectivity index (χ3n) is 5.19. The average Bonchev–Trinajstić information content (AvgIpc) is 2.67. The molecule has 0 saturated heterocycles. The Bertz CT molecular complexity index is 840. The largest absolute Gasteiger partial charge is 0.494 e. The number of unbranched alkanes of at least 4 members (excludes halogenated alkanes) is 1. The third kappa shape index (κ3) is 7.66. The highest BCUT2D eigenvalue weighted by Gasteiger charge is 2.39. The molecule has 9 heteroatoms. The van der Waals surface area contributed by atoms with Gasteiger partial charge >= 0.3 is 0 Å². The van der Waals surface area contributed by atoms with Crippen LogP contribution in [0.5, 0.6) is 11.5 Å². The summed E-state index contributed by atoms with van der Waals surface area (Å²) in [6.45, 7) is 7.66. The fourth-order valence-corrected chi connectivity index (χ4v) is 4.91. The van der Waals surface area contributed by atoms with E-state index in [1.807, 2.05) is 39.0 Å². The number of ether oxygens (including phenoxy) is 3. The van der Waals surface area contributed by atoms with Crippen molar-refractivity contribution >= 4 is 15.9 Å². The smallest absolute Gasteiger partial charge is 0.220 e. The molecule has 31 heavy (non-hydrogen) atoms. The van der Waals surface area contributed by atoms with Crippen LogP contribution in [-0.2, 0) is 19.6 Å². The van der Waals surface area contributed by atoms with E-state index in [4.69, 9.17) is 14.2 Å². The molecule has 0 bridgehead atoms. The zero-order valence-electron chi connectivity index (χ0n) is 19.3. The van der Waals surface area contributed by atoms with E-state index in [-0.39, 0.29) is 11.9 Å². The van der Waals surface area contributed by atoms with E-state index in [2.05, 4.69) is 5.32 Å². The summed E-state index contributed by atoms with van der Waals surface area (Å²) in [5.41, 5.74) is 0.351. The molecule has 0 radical (unpaired) electrons. The Kier molecular flexibility index (Phi) is 9.14. The molecule has 1 unspecified atom stereocenters. The number of hydrogen-bond acceptors (Lipinski definition) is 6. The zero-order valence-corrected chi connectivity index (χ0v) is 20.1. The summed E-state index contributed by atoms with van der Waals surface area (Å²) in [6.07, 6.45) is 3.71. The fraction of sp³-hybridized carbons (Fsp3) is 0.682. The summed E-state index contributed by atoms with van der Waals surface area (Å²) < 4.78 is 43.1. The summed E-state index contributed by atoms with van der Waals surface area (Å²) in [7, 11) is -1.77. The van der Waals surface area contributed by atoms with E-state index in [1.54, 1.807) is 7.11 Å². The van der Waals surface area contributed by atoms with E-state index in [0.717, 1.165) is 18.4 Å². The third-order valence-corrected chi connectivity index (χ3v) is 6.56. The molecular formula is C22H36N2O6S. The van der Waals surface area contributed by atoms with Crippen molar-refractivity contribution in [2.24, 2.45) is 0 Å². The van der Waals surface area contributed by atoms with Crippen LogP contribution < -0.4 is 14.8 Å². The minimum Gasteiger partial charge on any atom is -0.494 e. The lowest BCUT2D eigenvalue weighted by atomic mass is 9.89. The molecule has 0 spiro atoms. The van der Waals surface area contributed by atoms with Crippen LogP contribution in [0.2, 0.25) is 0 Å². The molecule has 1 amide bonds. The molecule has 176 valence electrons. The summed E-state index contributed by atoms with van der Waals surface area (Å²) in [5.74, 6) is 1.36. The topological polar surface area (TPSA) is 94.2 Å². The van der Waals surface area contributed by atoms with Gasteiger partial charge in [-0.3, -0.25) is 4.79 Å². The van der Waals surface area contributed by atoms with Crippen LogP contribution >= 0.6 is 0 Å². The van der Waals surface area contributed by atoms with Gasteiger partial charge in [0.05, 0.1) is 25.5 Å². The Morgan fingerprint density at radius 3 is 2.68 bits per heavy atom. The van der Waals surface area contributed by atoms with E-state index in [1.165, 1.54) is 10.6 Å². The van der Waals surface area contributed by atoms with Gasteiger partial charge in [0.1, 0.15) is 17.1 Å². The first kappa shape index (κ1) is 25.4. The maximum Gasteiger partial charge on any atom is 0.220 e. The van der Waals surface area contributed by atoms with E-state index in [9.17, 15) is 13.2 Å². The van der Waals surface area contributed by atoms with Gasteiger partial charge in [0, 0.05) is 38.6 Å². The Labute approximate surface area is 186 Å². The quantitative estimate of drug-likeness (QED) is 0.486. The summed E-state index contributed by atoms with van der Waals surface area (Å²) in [6, 6.07) is 5.25. The lowest BCUT2D eigenvalue weighted by Crippen LogP contribution is -2.43. The van der Waals surface area contributed by atoms with Crippen LogP contribution in [0.1, 0.15) is 58.1 Å². The number of rotatable bonds is 12. The molecule has 1 aromatic rings. The average molecular weight is 457 g/mol. The van der Waals surface area contributed by atoms with Crippen molar-refractivity contribution in [1.29, 1.82) is 0 Å². The van der Waals surface area contributed by atoms with Gasteiger partial charge < -0.3 is 19.5 Å². The molecule has 1 N–H and O–H groups in total. The lowest BCUT2D eigenvalue weighted by Gasteiger charge is -2.41. The van der Waals surface area contributed by atoms with Crippen molar-refractivity contribution in [3.63, 3.8) is 0 Å². The molecule has 2 rings (SSSR count). The molecule has 1 aromatic carbocycles. The monoisotopic (exact) mass is 456 g/mol. The van der Waals surface area contributed by atoms with Crippen molar-refractivity contribution < 1.29 is 27.4 Å². The molecule has 0 aromatic heterocycles. The van der Waals surface area contributed by atoms with Crippen molar-refractivity contribution in [3.05, 3.63) is 23.8 Å². The molecule has 0 aliphatic carbocycles. The highest BCUT2D eigenvalue weighted by Crippen LogP contribution is 2.44. The van der Waals surface area contributed by atoms with Crippen LogP contribution in [0.25, 0.3) is 0 Å². The van der Waals surface area contributed by atoms with Crippen molar-refractivity contribution in [2.45, 2.75) is 58.1 Å². The first-order chi connectivity index (χ1) is 14.6. The first-order valence-corrected chi connectivity index (χ1v) is 12.6. The van der Waals surface area contributed by atoms with Gasteiger partial charge in [0.2, 0.25) is 15.9 Å². The molecule has 1 heterocycles. The minimum atomic E-state index is -3.37. The van der Waals surface area contributed by atoms with E-state index in [0.29, 0.717) is 50.6 Å². The second kappa shape index (κ2) is 11.2. The summed E-state index contributed by atoms with van der Waals surface area (Å²) >= 11 is 0. The highest BCUT2D eigenvalue weighted by molar-refractivity contribution is 7.88. The van der Waals surface area contributed by atoms with Crippen LogP contribution in [0, 0.1) is 0 Å². The number of hydrogen-bond donors (Lipinski definition) is 1. The molecule has 1 aliphatic heterocycles. The van der Waals surface area contributed by atoms with E-state index < -0.39 is 15.6 Å². The Morgan fingerprint density at radius 2 is 2.03 bits per heavy atom. The normalized spacial score (nSPS) is 17.7. The van der Waals surface area contributed by atoms with Gasteiger partial charge in [-0.2, -0.15) is 4.31 Å². The summed E-state index contributed by atoms with van der Waals surface area (Å²) in [5, 5.41) is 2.79. The number of carbonyl (C=O) groups excluding carboxylic acids is 1. The van der Waals surface area contributed by atoms with Crippen molar-refractivity contribution in [2.75, 3.05) is 39.7 Å². The Morgan fingerprint density at radius 1 is 1.29 bits per heavy atom. The maximum absolute atomic E-state index is 12.4. The number of fused-ring (bicyclic) bond motifs is 1. The number of sulfonamides is 1. The SMILES string of the molecule is CCN(C1CC(C)(C)Oc2ccc(OCCCCC(=O)NCCOC)cc21)S(C)(=O)=O. The highest BCUT2D eigenvalue weighted by atomic mass is 32.2.